The molecule has 3 N–H and O–H groups in total. The first-order chi connectivity index (χ1) is 7.62. The minimum atomic E-state index is -0.0656. The fourth-order valence-corrected chi connectivity index (χ4v) is 1.98. The molecule has 3 unspecified atom stereocenters. The van der Waals surface area contributed by atoms with Gasteiger partial charge in [0.25, 0.3) is 0 Å². The molecule has 1 fully saturated rings. The van der Waals surface area contributed by atoms with E-state index in [1.165, 1.54) is 12.0 Å². The second-order valence-electron chi connectivity index (χ2n) is 5.25. The average Bonchev–Trinajstić information content (AvgIpc) is 3.07. The molecule has 2 heteroatoms. The van der Waals surface area contributed by atoms with E-state index in [0.717, 1.165) is 13.0 Å². The van der Waals surface area contributed by atoms with Crippen LogP contribution in [0.5, 0.6) is 0 Å². The largest absolute Gasteiger partial charge is 0.324 e. The van der Waals surface area contributed by atoms with Crippen LogP contribution in [0.25, 0.3) is 0 Å². The van der Waals surface area contributed by atoms with Crippen molar-refractivity contribution in [1.29, 1.82) is 0 Å². The lowest BCUT2D eigenvalue weighted by Gasteiger charge is -2.23. The van der Waals surface area contributed by atoms with Crippen LogP contribution in [0.2, 0.25) is 0 Å². The molecule has 0 bridgehead atoms. The Hall–Kier alpha value is -0.860. The van der Waals surface area contributed by atoms with Crippen molar-refractivity contribution in [1.82, 2.24) is 5.32 Å². The molecule has 0 saturated heterocycles. The van der Waals surface area contributed by atoms with E-state index in [-0.39, 0.29) is 5.54 Å². The summed E-state index contributed by atoms with van der Waals surface area (Å²) in [5.74, 6) is 0.703. The lowest BCUT2D eigenvalue weighted by molar-refractivity contribution is 0.413. The molecular formula is C14H22N2. The first-order valence-electron chi connectivity index (χ1n) is 6.19. The molecule has 2 rings (SSSR count). The molecule has 16 heavy (non-hydrogen) atoms. The van der Waals surface area contributed by atoms with E-state index in [2.05, 4.69) is 49.5 Å². The molecule has 1 aromatic rings. The van der Waals surface area contributed by atoms with Gasteiger partial charge in [-0.1, -0.05) is 37.3 Å². The van der Waals surface area contributed by atoms with Gasteiger partial charge in [0.1, 0.15) is 0 Å². The van der Waals surface area contributed by atoms with Crippen LogP contribution in [0, 0.1) is 0 Å². The summed E-state index contributed by atoms with van der Waals surface area (Å²) in [4.78, 5) is 0. The van der Waals surface area contributed by atoms with Gasteiger partial charge < -0.3 is 11.1 Å². The fraction of sp³-hybridized carbons (Fsp3) is 0.571. The van der Waals surface area contributed by atoms with Gasteiger partial charge in [0.05, 0.1) is 0 Å². The molecule has 0 amide bonds. The van der Waals surface area contributed by atoms with Crippen molar-refractivity contribution in [2.75, 3.05) is 6.54 Å². The molecule has 0 spiro atoms. The van der Waals surface area contributed by atoms with Gasteiger partial charge in [-0.3, -0.25) is 0 Å². The highest BCUT2D eigenvalue weighted by Gasteiger charge is 2.38. The van der Waals surface area contributed by atoms with E-state index in [9.17, 15) is 0 Å². The van der Waals surface area contributed by atoms with Crippen LogP contribution >= 0.6 is 0 Å². The highest BCUT2D eigenvalue weighted by Crippen LogP contribution is 2.40. The van der Waals surface area contributed by atoms with Crippen molar-refractivity contribution >= 4 is 0 Å². The van der Waals surface area contributed by atoms with E-state index >= 15 is 0 Å². The normalized spacial score (nSPS) is 27.4. The standard InChI is InChI=1S/C14H22N2/c1-3-14(2,15)10-16-13-9-12(13)11-7-5-4-6-8-11/h4-8,12-13,16H,3,9-10,15H2,1-2H3. The van der Waals surface area contributed by atoms with Gasteiger partial charge in [-0.15, -0.1) is 0 Å². The van der Waals surface area contributed by atoms with E-state index in [0.29, 0.717) is 12.0 Å². The zero-order valence-electron chi connectivity index (χ0n) is 10.2. The summed E-state index contributed by atoms with van der Waals surface area (Å²) in [5, 5.41) is 3.57. The Morgan fingerprint density at radius 1 is 1.38 bits per heavy atom. The van der Waals surface area contributed by atoms with Crippen molar-refractivity contribution < 1.29 is 0 Å². The average molecular weight is 218 g/mol. The van der Waals surface area contributed by atoms with Gasteiger partial charge >= 0.3 is 0 Å². The van der Waals surface area contributed by atoms with Crippen LogP contribution in [0.1, 0.15) is 38.2 Å². The van der Waals surface area contributed by atoms with Gasteiger partial charge in [0.15, 0.2) is 0 Å². The third-order valence-corrected chi connectivity index (χ3v) is 3.59. The predicted molar refractivity (Wildman–Crippen MR) is 68.5 cm³/mol. The third-order valence-electron chi connectivity index (χ3n) is 3.59. The first-order valence-corrected chi connectivity index (χ1v) is 6.19. The van der Waals surface area contributed by atoms with E-state index in [1.54, 1.807) is 0 Å². The quantitative estimate of drug-likeness (QED) is 0.795. The van der Waals surface area contributed by atoms with Crippen LogP contribution in [0.3, 0.4) is 0 Å². The Morgan fingerprint density at radius 3 is 2.69 bits per heavy atom. The zero-order valence-corrected chi connectivity index (χ0v) is 10.2. The minimum absolute atomic E-state index is 0.0656. The lowest BCUT2D eigenvalue weighted by atomic mass is 10.0. The molecule has 1 aliphatic carbocycles. The SMILES string of the molecule is CCC(C)(N)CNC1CC1c1ccccc1. The number of hydrogen-bond donors (Lipinski definition) is 2. The van der Waals surface area contributed by atoms with Gasteiger partial charge in [0, 0.05) is 24.0 Å². The smallest absolute Gasteiger partial charge is 0.0249 e. The third kappa shape index (κ3) is 2.83. The van der Waals surface area contributed by atoms with Gasteiger partial charge in [-0.2, -0.15) is 0 Å². The van der Waals surface area contributed by atoms with Crippen molar-refractivity contribution in [3.05, 3.63) is 35.9 Å². The second kappa shape index (κ2) is 4.56. The predicted octanol–water partition coefficient (Wildman–Crippen LogP) is 2.26. The summed E-state index contributed by atoms with van der Waals surface area (Å²) >= 11 is 0. The Bertz CT molecular complexity index is 332. The van der Waals surface area contributed by atoms with Crippen LogP contribution in [-0.2, 0) is 0 Å². The summed E-state index contributed by atoms with van der Waals surface area (Å²) < 4.78 is 0. The first kappa shape index (κ1) is 11.6. The maximum absolute atomic E-state index is 6.11. The molecule has 0 aliphatic heterocycles. The van der Waals surface area contributed by atoms with E-state index in [1.807, 2.05) is 0 Å². The van der Waals surface area contributed by atoms with Crippen LogP contribution in [0.15, 0.2) is 30.3 Å². The Balaban J connectivity index is 1.80. The van der Waals surface area contributed by atoms with E-state index in [4.69, 9.17) is 5.73 Å². The molecule has 88 valence electrons. The summed E-state index contributed by atoms with van der Waals surface area (Å²) in [6.45, 7) is 5.17. The molecule has 1 aromatic carbocycles. The molecule has 0 radical (unpaired) electrons. The molecular weight excluding hydrogens is 196 g/mol. The van der Waals surface area contributed by atoms with Crippen molar-refractivity contribution in [2.45, 2.75) is 44.2 Å². The summed E-state index contributed by atoms with van der Waals surface area (Å²) in [5.41, 5.74) is 7.50. The van der Waals surface area contributed by atoms with Gasteiger partial charge in [-0.25, -0.2) is 0 Å². The van der Waals surface area contributed by atoms with Crippen molar-refractivity contribution in [3.63, 3.8) is 0 Å². The Morgan fingerprint density at radius 2 is 2.06 bits per heavy atom. The lowest BCUT2D eigenvalue weighted by Crippen LogP contribution is -2.46. The topological polar surface area (TPSA) is 38.0 Å². The fourth-order valence-electron chi connectivity index (χ4n) is 1.98. The number of rotatable bonds is 5. The highest BCUT2D eigenvalue weighted by molar-refractivity contribution is 5.27. The summed E-state index contributed by atoms with van der Waals surface area (Å²) in [7, 11) is 0. The molecule has 0 heterocycles. The van der Waals surface area contributed by atoms with Crippen molar-refractivity contribution in [3.8, 4) is 0 Å². The zero-order chi connectivity index (χ0) is 11.6. The summed E-state index contributed by atoms with van der Waals surface area (Å²) in [6.07, 6.45) is 2.27. The Kier molecular flexibility index (Phi) is 3.31. The Labute approximate surface area is 98.2 Å². The molecule has 1 saturated carbocycles. The van der Waals surface area contributed by atoms with Crippen LogP contribution in [0.4, 0.5) is 0 Å². The number of benzene rings is 1. The number of nitrogens with two attached hydrogens (primary N) is 1. The number of nitrogens with one attached hydrogen (secondary N) is 1. The van der Waals surface area contributed by atoms with Gasteiger partial charge in [-0.05, 0) is 25.3 Å². The highest BCUT2D eigenvalue weighted by atomic mass is 15.0. The molecule has 1 aliphatic rings. The maximum Gasteiger partial charge on any atom is 0.0249 e. The van der Waals surface area contributed by atoms with Gasteiger partial charge in [0.2, 0.25) is 0 Å². The molecule has 0 aromatic heterocycles. The van der Waals surface area contributed by atoms with E-state index < -0.39 is 0 Å². The van der Waals surface area contributed by atoms with Crippen LogP contribution < -0.4 is 11.1 Å². The molecule has 2 nitrogen and oxygen atoms in total. The summed E-state index contributed by atoms with van der Waals surface area (Å²) in [6, 6.07) is 11.4. The molecule has 3 atom stereocenters. The number of hydrogen-bond acceptors (Lipinski definition) is 2. The second-order valence-corrected chi connectivity index (χ2v) is 5.25. The monoisotopic (exact) mass is 218 g/mol. The van der Waals surface area contributed by atoms with Crippen LogP contribution in [-0.4, -0.2) is 18.1 Å². The maximum atomic E-state index is 6.11. The minimum Gasteiger partial charge on any atom is -0.324 e. The van der Waals surface area contributed by atoms with Crippen molar-refractivity contribution in [2.24, 2.45) is 5.73 Å².